The Morgan fingerprint density at radius 2 is 1.40 bits per heavy atom. The van der Waals surface area contributed by atoms with Gasteiger partial charge in [0.05, 0.1) is 38.4 Å². The number of nitrogens with zero attached hydrogens (tertiary/aromatic N) is 4. The number of aryl methyl sites for hydroxylation is 2. The first-order valence-electron chi connectivity index (χ1n) is 22.6. The molecule has 2 aromatic rings. The summed E-state index contributed by atoms with van der Waals surface area (Å²) in [6.07, 6.45) is 1.08. The van der Waals surface area contributed by atoms with E-state index in [1.807, 2.05) is 17.7 Å². The summed E-state index contributed by atoms with van der Waals surface area (Å²) in [6, 6.07) is 0.399. The second-order valence-electron chi connectivity index (χ2n) is 20.1. The highest BCUT2D eigenvalue weighted by atomic mass is 32.2. The predicted octanol–water partition coefficient (Wildman–Crippen LogP) is 7.68. The summed E-state index contributed by atoms with van der Waals surface area (Å²) in [6.45, 7) is 34.7. The fourth-order valence-corrected chi connectivity index (χ4v) is 14.0. The molecular formula is C42H72F3N4O14PSSi2. The molecular weight excluding hydrogens is 961 g/mol. The molecule has 0 aliphatic carbocycles. The van der Waals surface area contributed by atoms with Crippen LogP contribution in [0.2, 0.25) is 36.3 Å². The summed E-state index contributed by atoms with van der Waals surface area (Å²) < 4.78 is 127. The monoisotopic (exact) mass is 1030 g/mol. The van der Waals surface area contributed by atoms with Gasteiger partial charge in [-0.15, -0.1) is 0 Å². The zero-order valence-corrected chi connectivity index (χ0v) is 45.4. The number of ether oxygens (including phenoxy) is 4. The van der Waals surface area contributed by atoms with Crippen molar-refractivity contribution in [1.82, 2.24) is 14.1 Å². The minimum absolute atomic E-state index is 0.0575. The highest BCUT2D eigenvalue weighted by Crippen LogP contribution is 2.50. The second-order valence-corrected chi connectivity index (χ2v) is 32.7. The molecule has 2 fully saturated rings. The van der Waals surface area contributed by atoms with E-state index in [0.29, 0.717) is 36.8 Å². The summed E-state index contributed by atoms with van der Waals surface area (Å²) in [5, 5.41) is 0.0150. The third-order valence-corrected chi connectivity index (χ3v) is 26.1. The molecule has 2 aromatic heterocycles. The fraction of sp³-hybridized carbons (Fsp3) is 0.810. The van der Waals surface area contributed by atoms with Crippen LogP contribution in [0.25, 0.3) is 0 Å². The molecule has 3 aliphatic rings. The van der Waals surface area contributed by atoms with Crippen molar-refractivity contribution in [3.63, 3.8) is 0 Å². The molecule has 0 spiro atoms. The van der Waals surface area contributed by atoms with Crippen LogP contribution in [0.4, 0.5) is 13.2 Å². The number of fused-ring (bicyclic) bond motifs is 4. The lowest BCUT2D eigenvalue weighted by atomic mass is 9.99. The quantitative estimate of drug-likeness (QED) is 0.0434. The van der Waals surface area contributed by atoms with Crippen LogP contribution in [0.5, 0.6) is 11.9 Å². The maximum absolute atomic E-state index is 14.1. The SMILES string of the molecule is CCOP(=O)(Cn1c(=O)c(C)cn([C@H]2C[C@H](Oc3nc4[n+](cc3C)[C@H]3C[C@H](O4)[C@@H](CO[Si](C)(C)C(C)(C)C(C)C)O3)[C@@H](CO[Si](C)(C)C(C)(C)C(C)C)O2)c1=O)OCC.O=S(=O)([O-])C(F)(F)F. The molecule has 2 bridgehead atoms. The third kappa shape index (κ3) is 12.7. The van der Waals surface area contributed by atoms with Gasteiger partial charge in [0.1, 0.15) is 43.1 Å². The number of alkyl halides is 3. The van der Waals surface area contributed by atoms with Gasteiger partial charge in [0, 0.05) is 23.2 Å². The van der Waals surface area contributed by atoms with E-state index < -0.39 is 75.8 Å². The Labute approximate surface area is 394 Å². The van der Waals surface area contributed by atoms with Crippen LogP contribution in [0.15, 0.2) is 22.0 Å². The molecule has 384 valence electrons. The van der Waals surface area contributed by atoms with Crippen LogP contribution < -0.4 is 25.3 Å². The van der Waals surface area contributed by atoms with Gasteiger partial charge in [0.2, 0.25) is 6.23 Å². The Balaban J connectivity index is 0.00000112. The van der Waals surface area contributed by atoms with E-state index in [0.717, 1.165) is 10.1 Å². The molecule has 0 radical (unpaired) electrons. The number of hydrogen-bond acceptors (Lipinski definition) is 15. The molecule has 0 saturated carbocycles. The Hall–Kier alpha value is -2.52. The zero-order valence-electron chi connectivity index (χ0n) is 41.7. The van der Waals surface area contributed by atoms with Gasteiger partial charge in [-0.2, -0.15) is 17.7 Å². The standard InChI is InChI=1S/C41H72N4O11PSi2.CHF3O3S/c1-17-49-57(48,50-18-2)25-45-37(46)29(8)22-44(39(45)47)35-19-30(32(54-35)23-51-58(13,14)40(9,10)26(3)4)55-36-28(7)21-43-34-20-31(56-38(43)42-36)33(53-34)24-52-59(15,16)41(11,12)27(5)6;2-1(3,4)8(5,6)7/h21-22,26-27,30-35H,17-20,23-25H2,1-16H3;(H,5,6,7)/q+1;/p-1/t30-,31-,32+,33+,34+,35+;/m0./s1. The van der Waals surface area contributed by atoms with Crippen molar-refractivity contribution >= 4 is 34.3 Å². The van der Waals surface area contributed by atoms with Crippen LogP contribution in [-0.4, -0.2) is 100 Å². The second kappa shape index (κ2) is 21.1. The maximum Gasteiger partial charge on any atom is 0.504 e. The Bertz CT molecular complexity index is 2340. The molecule has 25 heteroatoms. The first-order chi connectivity index (χ1) is 30.5. The van der Waals surface area contributed by atoms with Crippen LogP contribution in [-0.2, 0) is 48.3 Å². The van der Waals surface area contributed by atoms with Crippen LogP contribution in [0.3, 0.4) is 0 Å². The molecule has 67 heavy (non-hydrogen) atoms. The first-order valence-corrected chi connectivity index (χ1v) is 31.6. The van der Waals surface area contributed by atoms with E-state index in [4.69, 9.17) is 54.8 Å². The number of hydrogen-bond donors (Lipinski definition) is 0. The largest absolute Gasteiger partial charge is 0.741 e. The lowest BCUT2D eigenvalue weighted by Crippen LogP contribution is -2.48. The zero-order chi connectivity index (χ0) is 51.0. The van der Waals surface area contributed by atoms with E-state index >= 15 is 0 Å². The summed E-state index contributed by atoms with van der Waals surface area (Å²) >= 11 is 0. The van der Waals surface area contributed by atoms with Crippen LogP contribution >= 0.6 is 7.60 Å². The molecule has 2 saturated heterocycles. The van der Waals surface area contributed by atoms with E-state index in [9.17, 15) is 27.3 Å². The highest BCUT2D eigenvalue weighted by Gasteiger charge is 2.52. The fourth-order valence-electron chi connectivity index (χ4n) is 7.65. The Kier molecular flexibility index (Phi) is 17.9. The molecule has 0 N–H and O–H groups in total. The van der Waals surface area contributed by atoms with Gasteiger partial charge in [-0.25, -0.2) is 17.8 Å². The van der Waals surface area contributed by atoms with Crippen molar-refractivity contribution in [2.45, 2.75) is 181 Å². The van der Waals surface area contributed by atoms with Crippen molar-refractivity contribution in [3.8, 4) is 11.9 Å². The topological polar surface area (TPSA) is 209 Å². The van der Waals surface area contributed by atoms with Crippen molar-refractivity contribution in [3.05, 3.63) is 44.4 Å². The first kappa shape index (κ1) is 57.1. The lowest BCUT2D eigenvalue weighted by molar-refractivity contribution is -0.769. The highest BCUT2D eigenvalue weighted by molar-refractivity contribution is 7.86. The van der Waals surface area contributed by atoms with Crippen molar-refractivity contribution in [2.24, 2.45) is 11.8 Å². The van der Waals surface area contributed by atoms with Crippen molar-refractivity contribution < 1.29 is 72.1 Å². The molecule has 0 amide bonds. The van der Waals surface area contributed by atoms with Crippen molar-refractivity contribution in [2.75, 3.05) is 26.4 Å². The molecule has 5 rings (SSSR count). The Morgan fingerprint density at radius 1 is 0.896 bits per heavy atom. The number of rotatable bonds is 19. The molecule has 0 aromatic carbocycles. The smallest absolute Gasteiger partial charge is 0.504 e. The predicted molar refractivity (Wildman–Crippen MR) is 246 cm³/mol. The number of halogens is 3. The van der Waals surface area contributed by atoms with Gasteiger partial charge in [0.15, 0.2) is 26.8 Å². The lowest BCUT2D eigenvalue weighted by Gasteiger charge is -2.43. The average molecular weight is 1030 g/mol. The van der Waals surface area contributed by atoms with E-state index in [-0.39, 0.29) is 60.3 Å². The minimum atomic E-state index is -6.09. The van der Waals surface area contributed by atoms with Gasteiger partial charge >= 0.3 is 30.7 Å². The third-order valence-electron chi connectivity index (χ3n) is 14.4. The van der Waals surface area contributed by atoms with E-state index in [1.165, 1.54) is 10.8 Å². The summed E-state index contributed by atoms with van der Waals surface area (Å²) in [4.78, 5) is 32.3. The Morgan fingerprint density at radius 3 is 1.88 bits per heavy atom. The molecule has 6 atom stereocenters. The van der Waals surface area contributed by atoms with Crippen LogP contribution in [0, 0.1) is 25.7 Å². The molecule has 5 heterocycles. The molecule has 18 nitrogen and oxygen atoms in total. The van der Waals surface area contributed by atoms with Crippen LogP contribution in [0.1, 0.15) is 106 Å². The minimum Gasteiger partial charge on any atom is -0.741 e. The van der Waals surface area contributed by atoms with Gasteiger partial charge in [-0.05, 0) is 75.8 Å². The van der Waals surface area contributed by atoms with Gasteiger partial charge in [-0.1, -0.05) is 55.4 Å². The van der Waals surface area contributed by atoms with E-state index in [1.54, 1.807) is 20.8 Å². The van der Waals surface area contributed by atoms with E-state index in [2.05, 4.69) is 81.6 Å². The number of aromatic nitrogens is 4. The molecule has 0 unspecified atom stereocenters. The summed E-state index contributed by atoms with van der Waals surface area (Å²) in [7, 11) is -14.3. The maximum atomic E-state index is 14.1. The normalized spacial score (nSPS) is 22.7. The van der Waals surface area contributed by atoms with Crippen molar-refractivity contribution in [1.29, 1.82) is 0 Å². The average Bonchev–Trinajstić information content (AvgIpc) is 3.76. The van der Waals surface area contributed by atoms with Gasteiger partial charge in [0.25, 0.3) is 5.56 Å². The summed E-state index contributed by atoms with van der Waals surface area (Å²) in [5.41, 5.74) is -5.87. The summed E-state index contributed by atoms with van der Waals surface area (Å²) in [5.74, 6) is 1.23. The van der Waals surface area contributed by atoms with Gasteiger partial charge < -0.3 is 41.4 Å². The molecule has 3 aliphatic heterocycles. The van der Waals surface area contributed by atoms with Gasteiger partial charge in [-0.3, -0.25) is 13.9 Å².